The molecule has 2 aromatic rings. The zero-order chi connectivity index (χ0) is 10.8. The van der Waals surface area contributed by atoms with E-state index in [9.17, 15) is 0 Å². The van der Waals surface area contributed by atoms with E-state index < -0.39 is 0 Å². The van der Waals surface area contributed by atoms with E-state index >= 15 is 0 Å². The van der Waals surface area contributed by atoms with Crippen molar-refractivity contribution in [2.75, 3.05) is 5.32 Å². The first kappa shape index (κ1) is 11.1. The molecule has 1 aromatic heterocycles. The lowest BCUT2D eigenvalue weighted by atomic mass is 10.3. The minimum Gasteiger partial charge on any atom is -0.329 e. The lowest BCUT2D eigenvalue weighted by Gasteiger charge is -2.04. The lowest BCUT2D eigenvalue weighted by molar-refractivity contribution is 1.07. The van der Waals surface area contributed by atoms with Crippen LogP contribution < -0.4 is 5.32 Å². The van der Waals surface area contributed by atoms with Gasteiger partial charge in [0.15, 0.2) is 3.92 Å². The number of nitrogens with one attached hydrogen (secondary N) is 1. The second-order valence-corrected chi connectivity index (χ2v) is 5.71. The molecule has 0 spiro atoms. The van der Waals surface area contributed by atoms with Gasteiger partial charge in [0.25, 0.3) is 0 Å². The van der Waals surface area contributed by atoms with Crippen molar-refractivity contribution in [3.8, 4) is 0 Å². The summed E-state index contributed by atoms with van der Waals surface area (Å²) in [6.45, 7) is 0. The van der Waals surface area contributed by atoms with Crippen LogP contribution in [0.5, 0.6) is 0 Å². The summed E-state index contributed by atoms with van der Waals surface area (Å²) < 4.78 is 0.711. The van der Waals surface area contributed by atoms with Crippen LogP contribution in [0.3, 0.4) is 0 Å². The van der Waals surface area contributed by atoms with Crippen molar-refractivity contribution in [3.05, 3.63) is 32.2 Å². The summed E-state index contributed by atoms with van der Waals surface area (Å²) in [7, 11) is 0. The Morgan fingerprint density at radius 3 is 2.73 bits per heavy atom. The van der Waals surface area contributed by atoms with Crippen molar-refractivity contribution in [2.24, 2.45) is 0 Å². The van der Waals surface area contributed by atoms with E-state index in [1.807, 2.05) is 0 Å². The van der Waals surface area contributed by atoms with E-state index in [1.54, 1.807) is 18.2 Å². The maximum absolute atomic E-state index is 5.98. The number of hydrogen-bond acceptors (Lipinski definition) is 4. The number of aromatic nitrogens is 2. The molecule has 0 atom stereocenters. The Morgan fingerprint density at radius 1 is 1.27 bits per heavy atom. The minimum absolute atomic E-state index is 0.589. The second kappa shape index (κ2) is 4.65. The maximum atomic E-state index is 5.98. The molecule has 0 fully saturated rings. The average molecular weight is 325 g/mol. The average Bonchev–Trinajstić information content (AvgIpc) is 2.58. The van der Waals surface area contributed by atoms with Gasteiger partial charge in [-0.2, -0.15) is 0 Å². The van der Waals surface area contributed by atoms with Crippen molar-refractivity contribution in [2.45, 2.75) is 0 Å². The summed E-state index contributed by atoms with van der Waals surface area (Å²) in [4.78, 5) is 0. The van der Waals surface area contributed by atoms with Crippen LogP contribution in [0.1, 0.15) is 0 Å². The number of nitrogens with zero attached hydrogens (tertiary/aromatic N) is 2. The number of halogens is 3. The summed E-state index contributed by atoms with van der Waals surface area (Å²) >= 11 is 16.4. The number of hydrogen-bond donors (Lipinski definition) is 1. The van der Waals surface area contributed by atoms with Crippen LogP contribution >= 0.6 is 50.5 Å². The molecule has 0 saturated heterocycles. The minimum atomic E-state index is 0.589. The van der Waals surface area contributed by atoms with Gasteiger partial charge in [-0.15, -0.1) is 10.2 Å². The Bertz CT molecular complexity index is 488. The zero-order valence-corrected chi connectivity index (χ0v) is 11.1. The molecule has 0 radical (unpaired) electrons. The Hall–Kier alpha value is -0.360. The number of rotatable bonds is 2. The smallest absolute Gasteiger partial charge is 0.210 e. The molecule has 1 aromatic carbocycles. The van der Waals surface area contributed by atoms with Crippen LogP contribution in [-0.4, -0.2) is 10.2 Å². The van der Waals surface area contributed by atoms with E-state index in [2.05, 4.69) is 31.4 Å². The summed E-state index contributed by atoms with van der Waals surface area (Å²) in [6, 6.07) is 5.19. The number of benzene rings is 1. The van der Waals surface area contributed by atoms with Gasteiger partial charge in [0.2, 0.25) is 5.13 Å². The van der Waals surface area contributed by atoms with Gasteiger partial charge in [0.1, 0.15) is 0 Å². The van der Waals surface area contributed by atoms with Gasteiger partial charge >= 0.3 is 0 Å². The molecule has 0 amide bonds. The van der Waals surface area contributed by atoms with E-state index in [0.29, 0.717) is 24.8 Å². The van der Waals surface area contributed by atoms with E-state index in [4.69, 9.17) is 23.2 Å². The third kappa shape index (κ3) is 2.81. The molecule has 78 valence electrons. The quantitative estimate of drug-likeness (QED) is 0.892. The van der Waals surface area contributed by atoms with E-state index in [-0.39, 0.29) is 0 Å². The fraction of sp³-hybridized carbons (Fsp3) is 0. The van der Waals surface area contributed by atoms with Crippen LogP contribution in [0.15, 0.2) is 22.1 Å². The first-order valence-corrected chi connectivity index (χ1v) is 6.23. The summed E-state index contributed by atoms with van der Waals surface area (Å²) in [5.74, 6) is 0. The molecule has 1 heterocycles. The third-order valence-electron chi connectivity index (χ3n) is 1.57. The topological polar surface area (TPSA) is 37.8 Å². The maximum Gasteiger partial charge on any atom is 0.210 e. The Morgan fingerprint density at radius 2 is 2.07 bits per heavy atom. The van der Waals surface area contributed by atoms with Crippen molar-refractivity contribution in [3.63, 3.8) is 0 Å². The third-order valence-corrected chi connectivity index (χ3v) is 3.41. The van der Waals surface area contributed by atoms with Crippen molar-refractivity contribution in [1.29, 1.82) is 0 Å². The Balaban J connectivity index is 2.27. The molecule has 1 N–H and O–H groups in total. The molecule has 2 rings (SSSR count). The highest BCUT2D eigenvalue weighted by Crippen LogP contribution is 2.30. The zero-order valence-electron chi connectivity index (χ0n) is 7.17. The predicted octanol–water partition coefficient (Wildman–Crippen LogP) is 4.35. The van der Waals surface area contributed by atoms with Gasteiger partial charge < -0.3 is 5.32 Å². The molecule has 0 saturated carbocycles. The molecular formula is C8H4BrCl2N3S. The van der Waals surface area contributed by atoms with Gasteiger partial charge in [-0.05, 0) is 34.1 Å². The SMILES string of the molecule is Clc1ccc(Cl)c(Nc2nnc(Br)s2)c1. The highest BCUT2D eigenvalue weighted by Gasteiger charge is 2.05. The molecule has 0 aliphatic heterocycles. The lowest BCUT2D eigenvalue weighted by Crippen LogP contribution is -1.90. The molecule has 0 bridgehead atoms. The molecule has 0 aliphatic carbocycles. The molecular weight excluding hydrogens is 321 g/mol. The van der Waals surface area contributed by atoms with Crippen LogP contribution in [0.2, 0.25) is 10.0 Å². The molecule has 3 nitrogen and oxygen atoms in total. The second-order valence-electron chi connectivity index (χ2n) is 2.61. The largest absolute Gasteiger partial charge is 0.329 e. The summed E-state index contributed by atoms with van der Waals surface area (Å²) in [6.07, 6.45) is 0. The first-order chi connectivity index (χ1) is 7.15. The highest BCUT2D eigenvalue weighted by atomic mass is 79.9. The van der Waals surface area contributed by atoms with Gasteiger partial charge in [-0.1, -0.05) is 34.5 Å². The van der Waals surface area contributed by atoms with Crippen LogP contribution in [0.4, 0.5) is 10.8 Å². The standard InChI is InChI=1S/C8H4BrCl2N3S/c9-7-13-14-8(15-7)12-6-3-4(10)1-2-5(6)11/h1-3H,(H,12,14). The van der Waals surface area contributed by atoms with Crippen molar-refractivity contribution in [1.82, 2.24) is 10.2 Å². The van der Waals surface area contributed by atoms with Crippen molar-refractivity contribution < 1.29 is 0 Å². The first-order valence-electron chi connectivity index (χ1n) is 3.86. The normalized spacial score (nSPS) is 10.3. The highest BCUT2D eigenvalue weighted by molar-refractivity contribution is 9.11. The molecule has 7 heteroatoms. The van der Waals surface area contributed by atoms with E-state index in [1.165, 1.54) is 11.3 Å². The summed E-state index contributed by atoms with van der Waals surface area (Å²) in [5, 5.41) is 12.6. The Kier molecular flexibility index (Phi) is 3.45. The fourth-order valence-corrected chi connectivity index (χ4v) is 2.32. The van der Waals surface area contributed by atoms with Crippen molar-refractivity contribution >= 4 is 61.3 Å². The van der Waals surface area contributed by atoms with Crippen LogP contribution in [-0.2, 0) is 0 Å². The molecule has 0 aliphatic rings. The van der Waals surface area contributed by atoms with Crippen LogP contribution in [0.25, 0.3) is 0 Å². The van der Waals surface area contributed by atoms with E-state index in [0.717, 1.165) is 0 Å². The van der Waals surface area contributed by atoms with Gasteiger partial charge in [-0.25, -0.2) is 0 Å². The number of anilines is 2. The molecule has 0 unspecified atom stereocenters. The van der Waals surface area contributed by atoms with Gasteiger partial charge in [-0.3, -0.25) is 0 Å². The fourth-order valence-electron chi connectivity index (χ4n) is 0.964. The van der Waals surface area contributed by atoms with Crippen LogP contribution in [0, 0.1) is 0 Å². The monoisotopic (exact) mass is 323 g/mol. The Labute approximate surface area is 109 Å². The molecule has 15 heavy (non-hydrogen) atoms. The van der Waals surface area contributed by atoms with Gasteiger partial charge in [0, 0.05) is 5.02 Å². The summed E-state index contributed by atoms with van der Waals surface area (Å²) in [5.41, 5.74) is 0.716. The predicted molar refractivity (Wildman–Crippen MR) is 67.4 cm³/mol. The van der Waals surface area contributed by atoms with Gasteiger partial charge in [0.05, 0.1) is 10.7 Å².